The Hall–Kier alpha value is 0.510. The van der Waals surface area contributed by atoms with E-state index in [4.69, 9.17) is 35.9 Å². The van der Waals surface area contributed by atoms with Gasteiger partial charge in [-0.25, -0.2) is 9.13 Å². The fraction of sp³-hybridized carbons (Fsp3) is 1.00. The van der Waals surface area contributed by atoms with Crippen molar-refractivity contribution in [2.45, 2.75) is 6.92 Å². The third kappa shape index (κ3) is 25.1. The van der Waals surface area contributed by atoms with Crippen LogP contribution in [-0.4, -0.2) is 38.7 Å². The van der Waals surface area contributed by atoms with Crippen molar-refractivity contribution < 1.29 is 37.8 Å². The van der Waals surface area contributed by atoms with Crippen molar-refractivity contribution >= 4 is 27.2 Å². The van der Waals surface area contributed by atoms with Crippen LogP contribution in [0.15, 0.2) is 0 Å². The maximum Gasteiger partial charge on any atom is 0.478 e. The molecule has 15 heavy (non-hydrogen) atoms. The van der Waals surface area contributed by atoms with Crippen LogP contribution in [0.1, 0.15) is 6.92 Å². The van der Waals surface area contributed by atoms with Gasteiger partial charge >= 0.3 is 15.6 Å². The Bertz CT molecular complexity index is 209. The lowest BCUT2D eigenvalue weighted by atomic mass is 10.8. The van der Waals surface area contributed by atoms with Gasteiger partial charge in [0.05, 0.1) is 6.61 Å². The molecule has 0 aliphatic rings. The molecule has 0 spiro atoms. The predicted octanol–water partition coefficient (Wildman–Crippen LogP) is 0.450. The highest BCUT2D eigenvalue weighted by Crippen LogP contribution is 2.53. The summed E-state index contributed by atoms with van der Waals surface area (Å²) in [6, 6.07) is 0. The van der Waals surface area contributed by atoms with Crippen LogP contribution in [0, 0.1) is 0 Å². The van der Waals surface area contributed by atoms with E-state index in [9.17, 15) is 9.13 Å². The summed E-state index contributed by atoms with van der Waals surface area (Å²) >= 11 is 5.26. The minimum atomic E-state index is -5.05. The van der Waals surface area contributed by atoms with Crippen molar-refractivity contribution in [1.82, 2.24) is 0 Å². The number of ether oxygens (including phenoxy) is 1. The fourth-order valence-electron chi connectivity index (χ4n) is 0.337. The van der Waals surface area contributed by atoms with Crippen LogP contribution in [-0.2, 0) is 18.2 Å². The van der Waals surface area contributed by atoms with Gasteiger partial charge < -0.3 is 24.3 Å². The van der Waals surface area contributed by atoms with E-state index in [0.29, 0.717) is 12.5 Å². The first kappa shape index (κ1) is 17.9. The summed E-state index contributed by atoms with van der Waals surface area (Å²) in [6.07, 6.45) is 0. The quantitative estimate of drug-likeness (QED) is 0.325. The molecule has 0 radical (unpaired) electrons. The van der Waals surface area contributed by atoms with E-state index in [-0.39, 0.29) is 0 Å². The van der Waals surface area contributed by atoms with Gasteiger partial charge in [0.25, 0.3) is 0 Å². The highest BCUT2D eigenvalue weighted by Gasteiger charge is 2.27. The molecule has 0 bridgehead atoms. The van der Waals surface area contributed by atoms with Crippen LogP contribution in [0.5, 0.6) is 0 Å². The van der Waals surface area contributed by atoms with E-state index in [1.54, 1.807) is 0 Å². The topological polar surface area (TPSA) is 134 Å². The Kier molecular flexibility index (Phi) is 10.3. The molecule has 0 aromatic carbocycles. The van der Waals surface area contributed by atoms with Crippen LogP contribution in [0.3, 0.4) is 0 Å². The number of phosphoric acid groups is 2. The third-order valence-corrected chi connectivity index (χ3v) is 2.49. The second-order valence-corrected chi connectivity index (χ2v) is 4.94. The largest absolute Gasteiger partial charge is 0.478 e. The Morgan fingerprint density at radius 2 is 1.53 bits per heavy atom. The van der Waals surface area contributed by atoms with Crippen molar-refractivity contribution in [3.05, 3.63) is 0 Å². The average molecular weight is 287 g/mol. The van der Waals surface area contributed by atoms with Gasteiger partial charge in [-0.3, -0.25) is 0 Å². The minimum absolute atomic E-state index is 0.605. The minimum Gasteiger partial charge on any atom is -0.381 e. The summed E-state index contributed by atoms with van der Waals surface area (Å²) in [5.41, 5.74) is 0. The van der Waals surface area contributed by atoms with Crippen molar-refractivity contribution in [3.63, 3.8) is 0 Å². The van der Waals surface area contributed by atoms with Crippen LogP contribution >= 0.6 is 27.2 Å². The number of hydrogen-bond acceptors (Lipinski definition) is 4. The Morgan fingerprint density at radius 1 is 1.13 bits per heavy atom. The molecule has 8 nitrogen and oxygen atoms in total. The first-order chi connectivity index (χ1) is 6.62. The van der Waals surface area contributed by atoms with Crippen molar-refractivity contribution in [2.75, 3.05) is 19.1 Å². The molecule has 0 aromatic rings. The van der Waals surface area contributed by atoms with E-state index >= 15 is 0 Å². The SMILES string of the molecule is CCOCCCl.O=P(O)(O)OP(=O)(O)O. The summed E-state index contributed by atoms with van der Waals surface area (Å²) in [7, 11) is -10.1. The average Bonchev–Trinajstić information content (AvgIpc) is 1.94. The first-order valence-corrected chi connectivity index (χ1v) is 7.18. The maximum atomic E-state index is 9.63. The Balaban J connectivity index is 0. The Labute approximate surface area is 91.6 Å². The smallest absolute Gasteiger partial charge is 0.381 e. The molecule has 0 amide bonds. The molecule has 0 aliphatic heterocycles. The molecule has 11 heteroatoms. The van der Waals surface area contributed by atoms with Gasteiger partial charge in [0, 0.05) is 12.5 Å². The van der Waals surface area contributed by atoms with E-state index in [1.165, 1.54) is 0 Å². The molecule has 0 heterocycles. The Morgan fingerprint density at radius 3 is 1.60 bits per heavy atom. The van der Waals surface area contributed by atoms with Gasteiger partial charge in [-0.15, -0.1) is 11.6 Å². The van der Waals surface area contributed by atoms with Crippen LogP contribution in [0.25, 0.3) is 0 Å². The van der Waals surface area contributed by atoms with Gasteiger partial charge in [-0.05, 0) is 6.92 Å². The maximum absolute atomic E-state index is 9.63. The molecule has 0 aromatic heterocycles. The lowest BCUT2D eigenvalue weighted by molar-refractivity contribution is 0.164. The second-order valence-electron chi connectivity index (χ2n) is 1.95. The van der Waals surface area contributed by atoms with Gasteiger partial charge in [-0.1, -0.05) is 0 Å². The molecular weight excluding hydrogens is 273 g/mol. The van der Waals surface area contributed by atoms with Crippen LogP contribution in [0.2, 0.25) is 0 Å². The van der Waals surface area contributed by atoms with E-state index < -0.39 is 15.6 Å². The molecule has 0 unspecified atom stereocenters. The summed E-state index contributed by atoms with van der Waals surface area (Å²) in [5.74, 6) is 0.605. The monoisotopic (exact) mass is 286 g/mol. The lowest BCUT2D eigenvalue weighted by Gasteiger charge is -2.03. The predicted molar refractivity (Wildman–Crippen MR) is 52.4 cm³/mol. The zero-order chi connectivity index (χ0) is 12.5. The molecule has 0 atom stereocenters. The summed E-state index contributed by atoms with van der Waals surface area (Å²) in [6.45, 7) is 3.40. The highest BCUT2D eigenvalue weighted by atomic mass is 35.5. The van der Waals surface area contributed by atoms with Gasteiger partial charge in [-0.2, -0.15) is 4.31 Å². The third-order valence-electron chi connectivity index (χ3n) is 0.638. The zero-order valence-corrected chi connectivity index (χ0v) is 10.4. The van der Waals surface area contributed by atoms with Gasteiger partial charge in [0.2, 0.25) is 0 Å². The molecular formula is C4H13ClO8P2. The van der Waals surface area contributed by atoms with Crippen molar-refractivity contribution in [1.29, 1.82) is 0 Å². The molecule has 0 aliphatic carbocycles. The lowest BCUT2D eigenvalue weighted by Crippen LogP contribution is -1.92. The molecule has 0 saturated heterocycles. The van der Waals surface area contributed by atoms with Crippen molar-refractivity contribution in [3.8, 4) is 0 Å². The number of halogens is 1. The van der Waals surface area contributed by atoms with Crippen molar-refractivity contribution in [2.24, 2.45) is 0 Å². The van der Waals surface area contributed by atoms with Gasteiger partial charge in [0.15, 0.2) is 0 Å². The molecule has 0 rings (SSSR count). The van der Waals surface area contributed by atoms with E-state index in [1.807, 2.05) is 6.92 Å². The summed E-state index contributed by atoms with van der Waals surface area (Å²) < 4.78 is 27.1. The fourth-order valence-corrected chi connectivity index (χ4v) is 1.56. The highest BCUT2D eigenvalue weighted by molar-refractivity contribution is 7.60. The number of rotatable bonds is 5. The molecule has 4 N–H and O–H groups in total. The molecule has 94 valence electrons. The zero-order valence-electron chi connectivity index (χ0n) is 7.82. The van der Waals surface area contributed by atoms with E-state index in [2.05, 4.69) is 4.31 Å². The normalized spacial score (nSPS) is 11.9. The molecule has 0 saturated carbocycles. The van der Waals surface area contributed by atoms with E-state index in [0.717, 1.165) is 6.61 Å². The first-order valence-electron chi connectivity index (χ1n) is 3.58. The number of alkyl halides is 1. The van der Waals surface area contributed by atoms with Crippen LogP contribution in [0.4, 0.5) is 0 Å². The summed E-state index contributed by atoms with van der Waals surface area (Å²) in [4.78, 5) is 31.0. The molecule has 0 fully saturated rings. The van der Waals surface area contributed by atoms with Gasteiger partial charge in [0.1, 0.15) is 0 Å². The van der Waals surface area contributed by atoms with Crippen LogP contribution < -0.4 is 0 Å². The second kappa shape index (κ2) is 8.64. The number of hydrogen-bond donors (Lipinski definition) is 4. The summed E-state index contributed by atoms with van der Waals surface area (Å²) in [5, 5.41) is 0. The standard InChI is InChI=1S/C4H9ClO.H4O7P2/c1-2-6-4-3-5;1-8(2,3)7-9(4,5)6/h2-4H2,1H3;(H2,1,2,3)(H2,4,5,6).